The van der Waals surface area contributed by atoms with Crippen LogP contribution in [0.2, 0.25) is 0 Å². The van der Waals surface area contributed by atoms with Crippen molar-refractivity contribution in [2.75, 3.05) is 26.7 Å². The molecule has 1 saturated heterocycles. The molecule has 0 unspecified atom stereocenters. The van der Waals surface area contributed by atoms with Gasteiger partial charge in [0.1, 0.15) is 0 Å². The number of carbonyl (C=O) groups is 2. The SMILES string of the molecule is COC(=O)c1ccc(CCN2C(=O)CCN2CC[CH-]O)cc1.[U]. The fourth-order valence-electron chi connectivity index (χ4n) is 2.50. The van der Waals surface area contributed by atoms with Gasteiger partial charge in [0, 0.05) is 50.6 Å². The molecule has 7 heteroatoms. The standard InChI is InChI=1S/C16H21N2O4.U/c1-22-16(21)14-5-3-13(4-6-14)7-11-18-15(20)8-10-17(18)9-2-12-19;/h3-6,12,19H,2,7-11H2,1H3;/q-1;. The Morgan fingerprint density at radius 2 is 2.00 bits per heavy atom. The Labute approximate surface area is 160 Å². The summed E-state index contributed by atoms with van der Waals surface area (Å²) in [5, 5.41) is 12.5. The van der Waals surface area contributed by atoms with Crippen molar-refractivity contribution >= 4 is 11.9 Å². The van der Waals surface area contributed by atoms with Gasteiger partial charge < -0.3 is 9.84 Å². The van der Waals surface area contributed by atoms with Gasteiger partial charge in [-0.25, -0.2) is 16.4 Å². The van der Waals surface area contributed by atoms with Gasteiger partial charge in [0.25, 0.3) is 0 Å². The van der Waals surface area contributed by atoms with E-state index in [4.69, 9.17) is 5.11 Å². The van der Waals surface area contributed by atoms with Crippen molar-refractivity contribution in [2.45, 2.75) is 19.3 Å². The van der Waals surface area contributed by atoms with Gasteiger partial charge in [0.15, 0.2) is 0 Å². The quantitative estimate of drug-likeness (QED) is 0.416. The zero-order valence-corrected chi connectivity index (χ0v) is 17.4. The Hall–Kier alpha value is -0.868. The number of carbonyl (C=O) groups excluding carboxylic acids is 2. The number of rotatable bonds is 7. The predicted molar refractivity (Wildman–Crippen MR) is 80.2 cm³/mol. The predicted octanol–water partition coefficient (Wildman–Crippen LogP) is 1.39. The Balaban J connectivity index is 0.00000264. The van der Waals surface area contributed by atoms with Crippen LogP contribution in [0.4, 0.5) is 0 Å². The number of nitrogens with zero attached hydrogens (tertiary/aromatic N) is 2. The molecule has 1 aromatic rings. The van der Waals surface area contributed by atoms with Crippen LogP contribution in [0.15, 0.2) is 24.3 Å². The summed E-state index contributed by atoms with van der Waals surface area (Å²) in [5.41, 5.74) is 1.57. The molecule has 1 N–H and O–H groups in total. The van der Waals surface area contributed by atoms with Gasteiger partial charge in [-0.05, 0) is 30.7 Å². The van der Waals surface area contributed by atoms with Gasteiger partial charge in [-0.15, -0.1) is 6.42 Å². The first-order valence-corrected chi connectivity index (χ1v) is 7.34. The van der Waals surface area contributed by atoms with Gasteiger partial charge in [-0.2, -0.15) is 0 Å². The van der Waals surface area contributed by atoms with Crippen LogP contribution in [0.25, 0.3) is 0 Å². The van der Waals surface area contributed by atoms with Gasteiger partial charge >= 0.3 is 5.97 Å². The van der Waals surface area contributed by atoms with E-state index >= 15 is 0 Å². The Bertz CT molecular complexity index is 521. The third-order valence-electron chi connectivity index (χ3n) is 3.72. The van der Waals surface area contributed by atoms with Crippen LogP contribution in [0.3, 0.4) is 0 Å². The number of methoxy groups -OCH3 is 1. The Morgan fingerprint density at radius 1 is 1.30 bits per heavy atom. The monoisotopic (exact) mass is 543 g/mol. The molecule has 1 aliphatic heterocycles. The van der Waals surface area contributed by atoms with E-state index in [1.165, 1.54) is 7.11 Å². The average Bonchev–Trinajstić information content (AvgIpc) is 2.90. The second kappa shape index (κ2) is 10.1. The molecule has 0 radical (unpaired) electrons. The maximum absolute atomic E-state index is 11.9. The maximum atomic E-state index is 11.9. The smallest absolute Gasteiger partial charge is 0.337 e. The van der Waals surface area contributed by atoms with Crippen LogP contribution in [0.1, 0.15) is 28.8 Å². The van der Waals surface area contributed by atoms with Crippen molar-refractivity contribution in [3.05, 3.63) is 42.0 Å². The zero-order valence-electron chi connectivity index (χ0n) is 13.2. The van der Waals surface area contributed by atoms with Crippen LogP contribution >= 0.6 is 0 Å². The summed E-state index contributed by atoms with van der Waals surface area (Å²) in [7, 11) is 1.35. The molecule has 0 atom stereocenters. The van der Waals surface area contributed by atoms with Crippen molar-refractivity contribution in [3.63, 3.8) is 0 Å². The molecule has 2 rings (SSSR count). The third kappa shape index (κ3) is 5.61. The number of benzene rings is 1. The molecule has 0 aromatic heterocycles. The topological polar surface area (TPSA) is 70.1 Å². The first-order valence-electron chi connectivity index (χ1n) is 7.34. The van der Waals surface area contributed by atoms with Crippen LogP contribution in [-0.2, 0) is 16.0 Å². The molecule has 6 nitrogen and oxygen atoms in total. The average molecular weight is 543 g/mol. The van der Waals surface area contributed by atoms with E-state index in [0.717, 1.165) is 12.2 Å². The summed E-state index contributed by atoms with van der Waals surface area (Å²) in [6.45, 7) is 3.06. The fourth-order valence-corrected chi connectivity index (χ4v) is 2.50. The number of hydrazine groups is 1. The van der Waals surface area contributed by atoms with E-state index in [9.17, 15) is 9.59 Å². The van der Waals surface area contributed by atoms with Crippen molar-refractivity contribution < 1.29 is 50.5 Å². The first kappa shape index (κ1) is 20.2. The van der Waals surface area contributed by atoms with Gasteiger partial charge in [0.05, 0.1) is 12.7 Å². The summed E-state index contributed by atoms with van der Waals surface area (Å²) in [5.74, 6) is -0.239. The number of aliphatic hydroxyl groups is 1. The van der Waals surface area contributed by atoms with Gasteiger partial charge in [-0.1, -0.05) is 12.1 Å². The van der Waals surface area contributed by atoms with Crippen molar-refractivity contribution in [2.24, 2.45) is 0 Å². The van der Waals surface area contributed by atoms with Crippen LogP contribution in [0, 0.1) is 37.7 Å². The second-order valence-corrected chi connectivity index (χ2v) is 5.13. The zero-order chi connectivity index (χ0) is 15.9. The summed E-state index contributed by atoms with van der Waals surface area (Å²) in [6.07, 6.45) is 1.77. The van der Waals surface area contributed by atoms with E-state index in [1.807, 2.05) is 17.1 Å². The molecular formula is C16H21N2O4U-. The number of ether oxygens (including phenoxy) is 1. The minimum absolute atomic E-state index is 0. The normalized spacial score (nSPS) is 14.7. The van der Waals surface area contributed by atoms with Crippen LogP contribution in [0.5, 0.6) is 0 Å². The fraction of sp³-hybridized carbons (Fsp3) is 0.438. The van der Waals surface area contributed by atoms with Gasteiger partial charge in [0.2, 0.25) is 5.91 Å². The molecule has 23 heavy (non-hydrogen) atoms. The number of amides is 1. The third-order valence-corrected chi connectivity index (χ3v) is 3.72. The number of hydrogen-bond donors (Lipinski definition) is 1. The first-order chi connectivity index (χ1) is 10.7. The Morgan fingerprint density at radius 3 is 2.61 bits per heavy atom. The summed E-state index contributed by atoms with van der Waals surface area (Å²) in [6, 6.07) is 7.20. The minimum atomic E-state index is -0.354. The molecule has 1 fully saturated rings. The van der Waals surface area contributed by atoms with Gasteiger partial charge in [-0.3, -0.25) is 9.80 Å². The maximum Gasteiger partial charge on any atom is 0.337 e. The van der Waals surface area contributed by atoms with Crippen molar-refractivity contribution in [1.82, 2.24) is 10.0 Å². The van der Waals surface area contributed by atoms with E-state index in [-0.39, 0.29) is 43.0 Å². The van der Waals surface area contributed by atoms with E-state index in [0.29, 0.717) is 44.5 Å². The molecule has 0 bridgehead atoms. The van der Waals surface area contributed by atoms with Crippen LogP contribution < -0.4 is 0 Å². The molecular weight excluding hydrogens is 522 g/mol. The second-order valence-electron chi connectivity index (χ2n) is 5.13. The van der Waals surface area contributed by atoms with Crippen LogP contribution in [-0.4, -0.2) is 53.7 Å². The molecule has 0 aliphatic carbocycles. The van der Waals surface area contributed by atoms with E-state index in [2.05, 4.69) is 4.74 Å². The summed E-state index contributed by atoms with van der Waals surface area (Å²) >= 11 is 0. The number of hydrogen-bond acceptors (Lipinski definition) is 5. The number of aliphatic hydroxyl groups excluding tert-OH is 1. The summed E-state index contributed by atoms with van der Waals surface area (Å²) in [4.78, 5) is 23.3. The number of esters is 1. The van der Waals surface area contributed by atoms with E-state index < -0.39 is 0 Å². The Kier molecular flexibility index (Phi) is 8.85. The van der Waals surface area contributed by atoms with E-state index in [1.54, 1.807) is 17.1 Å². The largest absolute Gasteiger partial charge is 0.566 e. The molecule has 1 amide bonds. The molecule has 0 spiro atoms. The minimum Gasteiger partial charge on any atom is -0.566 e. The van der Waals surface area contributed by atoms with Crippen molar-refractivity contribution in [3.8, 4) is 0 Å². The molecule has 1 aliphatic rings. The molecule has 124 valence electrons. The molecule has 1 aromatic carbocycles. The van der Waals surface area contributed by atoms with Crippen molar-refractivity contribution in [1.29, 1.82) is 0 Å². The molecule has 1 heterocycles. The summed E-state index contributed by atoms with van der Waals surface area (Å²) < 4.78 is 4.66. The molecule has 0 saturated carbocycles.